The van der Waals surface area contributed by atoms with Crippen molar-refractivity contribution in [3.63, 3.8) is 0 Å². The molecule has 3 heterocycles. The van der Waals surface area contributed by atoms with E-state index >= 15 is 0 Å². The number of fused-ring (bicyclic) bond motifs is 3. The van der Waals surface area contributed by atoms with Crippen molar-refractivity contribution in [2.75, 3.05) is 13.2 Å². The number of esters is 1. The highest BCUT2D eigenvalue weighted by atomic mass is 16.5. The molecule has 22 heavy (non-hydrogen) atoms. The zero-order valence-electron chi connectivity index (χ0n) is 13.0. The summed E-state index contributed by atoms with van der Waals surface area (Å²) < 4.78 is 5.60. The zero-order valence-corrected chi connectivity index (χ0v) is 13.0. The number of carbonyl (C=O) groups excluding carboxylic acids is 1. The number of nitrogens with zero attached hydrogens (tertiary/aromatic N) is 1. The van der Waals surface area contributed by atoms with Crippen LogP contribution in [0.25, 0.3) is 0 Å². The lowest BCUT2D eigenvalue weighted by Crippen LogP contribution is -2.49. The molecular weight excluding hydrogens is 278 g/mol. The van der Waals surface area contributed by atoms with Crippen LogP contribution in [0.15, 0.2) is 23.3 Å². The topological polar surface area (TPSA) is 49.8 Å². The molecule has 3 aliphatic heterocycles. The first-order valence-electron chi connectivity index (χ1n) is 8.20. The molecule has 0 aromatic heterocycles. The number of unbranched alkanes of at least 4 members (excludes halogenated alkanes) is 1. The summed E-state index contributed by atoms with van der Waals surface area (Å²) in [6, 6.07) is 0.576. The smallest absolute Gasteiger partial charge is 0.331 e. The summed E-state index contributed by atoms with van der Waals surface area (Å²) in [5.74, 6) is 6.06. The molecule has 0 saturated carbocycles. The molecule has 3 atom stereocenters. The molecule has 118 valence electrons. The molecule has 0 radical (unpaired) electrons. The molecule has 3 rings (SSSR count). The Kier molecular flexibility index (Phi) is 4.66. The van der Waals surface area contributed by atoms with Crippen molar-refractivity contribution in [1.82, 2.24) is 4.90 Å². The maximum atomic E-state index is 11.8. The van der Waals surface area contributed by atoms with Gasteiger partial charge in [0.25, 0.3) is 0 Å². The summed E-state index contributed by atoms with van der Waals surface area (Å²) in [4.78, 5) is 14.2. The Morgan fingerprint density at radius 1 is 1.45 bits per heavy atom. The van der Waals surface area contributed by atoms with Gasteiger partial charge in [-0.25, -0.2) is 4.79 Å². The van der Waals surface area contributed by atoms with E-state index < -0.39 is 0 Å². The Balaban J connectivity index is 1.91. The van der Waals surface area contributed by atoms with Crippen molar-refractivity contribution in [2.24, 2.45) is 0 Å². The van der Waals surface area contributed by atoms with Crippen LogP contribution >= 0.6 is 0 Å². The Morgan fingerprint density at radius 3 is 3.14 bits per heavy atom. The molecule has 1 fully saturated rings. The van der Waals surface area contributed by atoms with Crippen LogP contribution in [0.5, 0.6) is 0 Å². The van der Waals surface area contributed by atoms with Gasteiger partial charge in [-0.15, -0.1) is 0 Å². The second kappa shape index (κ2) is 6.68. The molecule has 2 unspecified atom stereocenters. The van der Waals surface area contributed by atoms with Crippen LogP contribution in [0, 0.1) is 11.8 Å². The van der Waals surface area contributed by atoms with E-state index in [9.17, 15) is 4.79 Å². The zero-order chi connectivity index (χ0) is 15.5. The van der Waals surface area contributed by atoms with E-state index in [4.69, 9.17) is 9.84 Å². The van der Waals surface area contributed by atoms with Gasteiger partial charge in [0, 0.05) is 36.3 Å². The van der Waals surface area contributed by atoms with Crippen LogP contribution in [0.1, 0.15) is 39.0 Å². The molecular formula is C18H23NO3. The fourth-order valence-corrected chi connectivity index (χ4v) is 3.63. The fraction of sp³-hybridized carbons (Fsp3) is 0.611. The molecule has 4 nitrogen and oxygen atoms in total. The molecule has 0 aliphatic carbocycles. The largest absolute Gasteiger partial charge is 0.453 e. The van der Waals surface area contributed by atoms with Crippen molar-refractivity contribution in [3.05, 3.63) is 23.3 Å². The highest BCUT2D eigenvalue weighted by molar-refractivity contribution is 5.88. The molecule has 0 amide bonds. The summed E-state index contributed by atoms with van der Waals surface area (Å²) >= 11 is 0. The second-order valence-electron chi connectivity index (χ2n) is 6.21. The summed E-state index contributed by atoms with van der Waals surface area (Å²) in [6.07, 6.45) is 8.42. The van der Waals surface area contributed by atoms with E-state index in [0.29, 0.717) is 18.9 Å². The SMILES string of the molecule is C[C@H]1C=C(C#CCCCO)C2=CC(=O)OC2C2CCCCN21. The normalized spacial score (nSPS) is 31.0. The van der Waals surface area contributed by atoms with Crippen molar-refractivity contribution in [1.29, 1.82) is 0 Å². The number of hydrogen-bond acceptors (Lipinski definition) is 4. The van der Waals surface area contributed by atoms with Gasteiger partial charge in [-0.1, -0.05) is 24.3 Å². The van der Waals surface area contributed by atoms with E-state index in [1.54, 1.807) is 6.08 Å². The monoisotopic (exact) mass is 301 g/mol. The van der Waals surface area contributed by atoms with Gasteiger partial charge in [0.2, 0.25) is 0 Å². The summed E-state index contributed by atoms with van der Waals surface area (Å²) in [7, 11) is 0. The first kappa shape index (κ1) is 15.3. The number of hydrogen-bond donors (Lipinski definition) is 1. The van der Waals surface area contributed by atoms with Gasteiger partial charge in [0.15, 0.2) is 0 Å². The highest BCUT2D eigenvalue weighted by Crippen LogP contribution is 2.36. The Hall–Kier alpha value is -1.57. The molecule has 0 aromatic carbocycles. The minimum Gasteiger partial charge on any atom is -0.453 e. The minimum atomic E-state index is -0.247. The van der Waals surface area contributed by atoms with Crippen molar-refractivity contribution >= 4 is 5.97 Å². The standard InChI is InChI=1S/C18H23NO3/c1-13-11-14(7-3-2-6-10-20)15-12-17(21)22-18(15)16-8-4-5-9-19(13)16/h11-13,16,18,20H,2,4-6,8-10H2,1H3/t13-,16?,18?/m0/s1. The van der Waals surface area contributed by atoms with Crippen LogP contribution in [0.3, 0.4) is 0 Å². The van der Waals surface area contributed by atoms with Gasteiger partial charge in [0.05, 0.1) is 6.04 Å². The first-order valence-corrected chi connectivity index (χ1v) is 8.20. The average Bonchev–Trinajstić information content (AvgIpc) is 2.87. The number of carbonyl (C=O) groups is 1. The van der Waals surface area contributed by atoms with E-state index in [0.717, 1.165) is 24.1 Å². The van der Waals surface area contributed by atoms with Crippen molar-refractivity contribution < 1.29 is 14.6 Å². The van der Waals surface area contributed by atoms with Crippen molar-refractivity contribution in [3.8, 4) is 11.8 Å². The van der Waals surface area contributed by atoms with E-state index in [1.807, 2.05) is 0 Å². The third kappa shape index (κ3) is 2.97. The van der Waals surface area contributed by atoms with Gasteiger partial charge in [-0.3, -0.25) is 4.90 Å². The first-order chi connectivity index (χ1) is 10.7. The molecule has 0 aromatic rings. The molecule has 0 spiro atoms. The van der Waals surface area contributed by atoms with Gasteiger partial charge in [-0.05, 0) is 32.7 Å². The predicted octanol–water partition coefficient (Wildman–Crippen LogP) is 1.80. The molecule has 1 saturated heterocycles. The quantitative estimate of drug-likeness (QED) is 0.480. The predicted molar refractivity (Wildman–Crippen MR) is 83.9 cm³/mol. The van der Waals surface area contributed by atoms with E-state index in [1.165, 1.54) is 12.8 Å². The van der Waals surface area contributed by atoms with Crippen LogP contribution in [0.4, 0.5) is 0 Å². The third-order valence-corrected chi connectivity index (χ3v) is 4.69. The van der Waals surface area contributed by atoms with Gasteiger partial charge in [-0.2, -0.15) is 0 Å². The lowest BCUT2D eigenvalue weighted by Gasteiger charge is -2.40. The Morgan fingerprint density at radius 2 is 2.32 bits per heavy atom. The maximum absolute atomic E-state index is 11.8. The van der Waals surface area contributed by atoms with Gasteiger partial charge < -0.3 is 9.84 Å². The molecule has 0 bridgehead atoms. The minimum absolute atomic E-state index is 0.160. The Bertz CT molecular complexity index is 567. The maximum Gasteiger partial charge on any atom is 0.331 e. The summed E-state index contributed by atoms with van der Waals surface area (Å²) in [6.45, 7) is 3.40. The van der Waals surface area contributed by atoms with E-state index in [-0.39, 0.29) is 24.7 Å². The van der Waals surface area contributed by atoms with E-state index in [2.05, 4.69) is 29.7 Å². The molecule has 4 heteroatoms. The Labute approximate surface area is 131 Å². The number of aliphatic hydroxyl groups excluding tert-OH is 1. The molecule has 3 aliphatic rings. The van der Waals surface area contributed by atoms with Gasteiger partial charge in [0.1, 0.15) is 6.10 Å². The fourth-order valence-electron chi connectivity index (χ4n) is 3.63. The van der Waals surface area contributed by atoms with Crippen LogP contribution in [-0.2, 0) is 9.53 Å². The second-order valence-corrected chi connectivity index (χ2v) is 6.21. The van der Waals surface area contributed by atoms with Crippen LogP contribution in [0.2, 0.25) is 0 Å². The molecule has 1 N–H and O–H groups in total. The van der Waals surface area contributed by atoms with Crippen molar-refractivity contribution in [2.45, 2.75) is 57.2 Å². The third-order valence-electron chi connectivity index (χ3n) is 4.69. The summed E-state index contributed by atoms with van der Waals surface area (Å²) in [5.41, 5.74) is 1.87. The number of ether oxygens (including phenoxy) is 1. The number of piperidine rings is 1. The lowest BCUT2D eigenvalue weighted by atomic mass is 9.92. The van der Waals surface area contributed by atoms with Crippen LogP contribution in [-0.4, -0.2) is 47.3 Å². The lowest BCUT2D eigenvalue weighted by molar-refractivity contribution is -0.142. The summed E-state index contributed by atoms with van der Waals surface area (Å²) in [5, 5.41) is 8.85. The average molecular weight is 301 g/mol. The number of aliphatic hydroxyl groups is 1. The van der Waals surface area contributed by atoms with Gasteiger partial charge >= 0.3 is 5.97 Å². The van der Waals surface area contributed by atoms with Crippen LogP contribution < -0.4 is 0 Å². The highest BCUT2D eigenvalue weighted by Gasteiger charge is 2.42. The number of rotatable bonds is 2.